The van der Waals surface area contributed by atoms with Crippen LogP contribution in [0.2, 0.25) is 0 Å². The van der Waals surface area contributed by atoms with E-state index in [1.54, 1.807) is 14.2 Å². The van der Waals surface area contributed by atoms with Crippen LogP contribution in [-0.2, 0) is 6.42 Å². The number of rotatable bonds is 3. The van der Waals surface area contributed by atoms with Gasteiger partial charge in [-0.1, -0.05) is 30.3 Å². The van der Waals surface area contributed by atoms with E-state index in [1.165, 1.54) is 36.1 Å². The zero-order chi connectivity index (χ0) is 16.5. The van der Waals surface area contributed by atoms with Crippen LogP contribution < -0.4 is 9.47 Å². The maximum absolute atomic E-state index is 5.55. The monoisotopic (exact) mass is 323 g/mol. The lowest BCUT2D eigenvalue weighted by Gasteiger charge is -2.43. The molecule has 0 saturated carbocycles. The van der Waals surface area contributed by atoms with Crippen molar-refractivity contribution in [2.75, 3.05) is 27.3 Å². The number of benzene rings is 2. The first-order valence-electron chi connectivity index (χ1n) is 8.84. The Bertz CT molecular complexity index is 713. The molecular formula is C21H25NO2. The molecule has 0 radical (unpaired) electrons. The van der Waals surface area contributed by atoms with Gasteiger partial charge < -0.3 is 9.47 Å². The number of ether oxygens (including phenoxy) is 2. The van der Waals surface area contributed by atoms with Gasteiger partial charge in [-0.15, -0.1) is 0 Å². The Balaban J connectivity index is 1.67. The van der Waals surface area contributed by atoms with Gasteiger partial charge in [0.2, 0.25) is 0 Å². The van der Waals surface area contributed by atoms with E-state index in [0.717, 1.165) is 24.5 Å². The predicted molar refractivity (Wildman–Crippen MR) is 96.0 cm³/mol. The normalized spacial score (nSPS) is 23.2. The highest BCUT2D eigenvalue weighted by Crippen LogP contribution is 2.45. The summed E-state index contributed by atoms with van der Waals surface area (Å²) in [5.74, 6) is 2.34. The van der Waals surface area contributed by atoms with Crippen molar-refractivity contribution in [3.63, 3.8) is 0 Å². The average Bonchev–Trinajstić information content (AvgIpc) is 2.67. The van der Waals surface area contributed by atoms with E-state index in [4.69, 9.17) is 9.47 Å². The zero-order valence-electron chi connectivity index (χ0n) is 14.5. The molecule has 0 aromatic heterocycles. The first kappa shape index (κ1) is 15.5. The maximum atomic E-state index is 5.55. The molecule has 4 rings (SSSR count). The molecule has 24 heavy (non-hydrogen) atoms. The van der Waals surface area contributed by atoms with Crippen molar-refractivity contribution in [2.45, 2.75) is 31.2 Å². The summed E-state index contributed by atoms with van der Waals surface area (Å²) in [6.07, 6.45) is 3.54. The van der Waals surface area contributed by atoms with E-state index in [2.05, 4.69) is 47.4 Å². The number of nitrogens with zero attached hydrogens (tertiary/aromatic N) is 1. The van der Waals surface area contributed by atoms with Crippen LogP contribution in [0.5, 0.6) is 11.5 Å². The molecule has 1 fully saturated rings. The van der Waals surface area contributed by atoms with E-state index >= 15 is 0 Å². The van der Waals surface area contributed by atoms with Gasteiger partial charge in [-0.2, -0.15) is 0 Å². The first-order valence-corrected chi connectivity index (χ1v) is 8.84. The molecular weight excluding hydrogens is 298 g/mol. The molecule has 0 aliphatic carbocycles. The fourth-order valence-electron chi connectivity index (χ4n) is 4.36. The second-order valence-corrected chi connectivity index (χ2v) is 6.84. The molecule has 126 valence electrons. The molecule has 1 saturated heterocycles. The molecule has 0 N–H and O–H groups in total. The van der Waals surface area contributed by atoms with E-state index in [1.807, 2.05) is 0 Å². The summed E-state index contributed by atoms with van der Waals surface area (Å²) < 4.78 is 11.0. The van der Waals surface area contributed by atoms with Crippen LogP contribution in [0.4, 0.5) is 0 Å². The zero-order valence-corrected chi connectivity index (χ0v) is 14.5. The molecule has 0 spiro atoms. The largest absolute Gasteiger partial charge is 0.493 e. The summed E-state index contributed by atoms with van der Waals surface area (Å²) in [7, 11) is 3.43. The predicted octanol–water partition coefficient (Wildman–Crippen LogP) is 4.18. The van der Waals surface area contributed by atoms with Gasteiger partial charge in [0, 0.05) is 12.6 Å². The van der Waals surface area contributed by atoms with Crippen molar-refractivity contribution < 1.29 is 9.47 Å². The smallest absolute Gasteiger partial charge is 0.161 e. The molecule has 2 aromatic rings. The van der Waals surface area contributed by atoms with Crippen LogP contribution in [-0.4, -0.2) is 32.2 Å². The number of piperidine rings is 1. The minimum atomic E-state index is 0.493. The molecule has 0 amide bonds. The van der Waals surface area contributed by atoms with Crippen LogP contribution >= 0.6 is 0 Å². The average molecular weight is 323 g/mol. The van der Waals surface area contributed by atoms with Crippen molar-refractivity contribution in [1.29, 1.82) is 0 Å². The van der Waals surface area contributed by atoms with E-state index in [9.17, 15) is 0 Å². The number of hydrogen-bond acceptors (Lipinski definition) is 3. The molecule has 0 bridgehead atoms. The Hall–Kier alpha value is -2.00. The summed E-state index contributed by atoms with van der Waals surface area (Å²) in [6.45, 7) is 2.33. The maximum Gasteiger partial charge on any atom is 0.161 e. The van der Waals surface area contributed by atoms with Gasteiger partial charge in [-0.05, 0) is 60.5 Å². The van der Waals surface area contributed by atoms with Gasteiger partial charge in [0.1, 0.15) is 0 Å². The van der Waals surface area contributed by atoms with E-state index < -0.39 is 0 Å². The third kappa shape index (κ3) is 2.67. The summed E-state index contributed by atoms with van der Waals surface area (Å²) in [5.41, 5.74) is 4.33. The quantitative estimate of drug-likeness (QED) is 0.846. The van der Waals surface area contributed by atoms with Crippen LogP contribution in [0.15, 0.2) is 42.5 Å². The molecule has 3 heteroatoms. The SMILES string of the molecule is COc1cc2c(cc1OC)[C@H]1C[C@@H](c3ccccc3)CCN1CC2. The lowest BCUT2D eigenvalue weighted by Crippen LogP contribution is -2.40. The van der Waals surface area contributed by atoms with E-state index in [0.29, 0.717) is 12.0 Å². The van der Waals surface area contributed by atoms with Crippen LogP contribution in [0.1, 0.15) is 41.5 Å². The molecule has 0 unspecified atom stereocenters. The topological polar surface area (TPSA) is 21.7 Å². The fourth-order valence-corrected chi connectivity index (χ4v) is 4.36. The summed E-state index contributed by atoms with van der Waals surface area (Å²) >= 11 is 0. The van der Waals surface area contributed by atoms with Crippen LogP contribution in [0.25, 0.3) is 0 Å². The molecule has 2 atom stereocenters. The van der Waals surface area contributed by atoms with Gasteiger partial charge in [0.05, 0.1) is 14.2 Å². The molecule has 2 aliphatic heterocycles. The Labute approximate surface area is 144 Å². The lowest BCUT2D eigenvalue weighted by atomic mass is 9.79. The van der Waals surface area contributed by atoms with Crippen LogP contribution in [0, 0.1) is 0 Å². The van der Waals surface area contributed by atoms with Gasteiger partial charge in [0.25, 0.3) is 0 Å². The Morgan fingerprint density at radius 2 is 1.71 bits per heavy atom. The highest BCUT2D eigenvalue weighted by molar-refractivity contribution is 5.49. The fraction of sp³-hybridized carbons (Fsp3) is 0.429. The van der Waals surface area contributed by atoms with Crippen molar-refractivity contribution in [3.05, 3.63) is 59.2 Å². The summed E-state index contributed by atoms with van der Waals surface area (Å²) in [4.78, 5) is 2.65. The van der Waals surface area contributed by atoms with Gasteiger partial charge >= 0.3 is 0 Å². The number of fused-ring (bicyclic) bond motifs is 3. The third-order valence-electron chi connectivity index (χ3n) is 5.66. The summed E-state index contributed by atoms with van der Waals surface area (Å²) in [5, 5.41) is 0. The van der Waals surface area contributed by atoms with Crippen molar-refractivity contribution in [2.24, 2.45) is 0 Å². The molecule has 3 nitrogen and oxygen atoms in total. The summed E-state index contributed by atoms with van der Waals surface area (Å²) in [6, 6.07) is 15.8. The first-order chi connectivity index (χ1) is 11.8. The Morgan fingerprint density at radius 1 is 0.958 bits per heavy atom. The second-order valence-electron chi connectivity index (χ2n) is 6.84. The highest BCUT2D eigenvalue weighted by atomic mass is 16.5. The van der Waals surface area contributed by atoms with Gasteiger partial charge in [-0.25, -0.2) is 0 Å². The van der Waals surface area contributed by atoms with Crippen molar-refractivity contribution >= 4 is 0 Å². The highest BCUT2D eigenvalue weighted by Gasteiger charge is 2.34. The van der Waals surface area contributed by atoms with Gasteiger partial charge in [0.15, 0.2) is 11.5 Å². The van der Waals surface area contributed by atoms with Crippen molar-refractivity contribution in [3.8, 4) is 11.5 Å². The number of methoxy groups -OCH3 is 2. The molecule has 2 aromatic carbocycles. The minimum Gasteiger partial charge on any atom is -0.493 e. The molecule has 2 heterocycles. The Morgan fingerprint density at radius 3 is 2.46 bits per heavy atom. The molecule has 2 aliphatic rings. The minimum absolute atomic E-state index is 0.493. The third-order valence-corrected chi connectivity index (χ3v) is 5.66. The van der Waals surface area contributed by atoms with Crippen LogP contribution in [0.3, 0.4) is 0 Å². The van der Waals surface area contributed by atoms with Crippen molar-refractivity contribution in [1.82, 2.24) is 4.90 Å². The number of hydrogen-bond donors (Lipinski definition) is 0. The standard InChI is InChI=1S/C21H25NO2/c1-23-20-13-17-9-11-22-10-8-16(15-6-4-3-5-7-15)12-19(22)18(17)14-21(20)24-2/h3-7,13-14,16,19H,8-12H2,1-2H3/t16-,19+/m0/s1. The van der Waals surface area contributed by atoms with Gasteiger partial charge in [-0.3, -0.25) is 4.90 Å². The lowest BCUT2D eigenvalue weighted by molar-refractivity contribution is 0.125. The second kappa shape index (κ2) is 6.48. The Kier molecular flexibility index (Phi) is 4.19. The van der Waals surface area contributed by atoms with E-state index in [-0.39, 0.29) is 0 Å².